The predicted octanol–water partition coefficient (Wildman–Crippen LogP) is 7.79. The first-order valence-electron chi connectivity index (χ1n) is 14.6. The summed E-state index contributed by atoms with van der Waals surface area (Å²) in [4.78, 5) is 28.6. The molecule has 2 aliphatic carbocycles. The van der Waals surface area contributed by atoms with E-state index in [0.29, 0.717) is 48.2 Å². The summed E-state index contributed by atoms with van der Waals surface area (Å²) >= 11 is 0. The molecule has 5 aromatic rings. The number of benzene rings is 4. The molecule has 0 spiro atoms. The molecule has 0 saturated carbocycles. The van der Waals surface area contributed by atoms with Crippen molar-refractivity contribution < 1.29 is 22.4 Å². The largest absolute Gasteiger partial charge is 0.457 e. The number of rotatable bonds is 2. The van der Waals surface area contributed by atoms with Gasteiger partial charge in [0.2, 0.25) is 0 Å². The van der Waals surface area contributed by atoms with Gasteiger partial charge in [0.15, 0.2) is 11.6 Å². The van der Waals surface area contributed by atoms with Crippen molar-refractivity contribution >= 4 is 69.6 Å². The van der Waals surface area contributed by atoms with Gasteiger partial charge in [0, 0.05) is 33.4 Å². The second-order valence-electron chi connectivity index (χ2n) is 11.5. The van der Waals surface area contributed by atoms with Gasteiger partial charge in [-0.15, -0.1) is 19.5 Å². The van der Waals surface area contributed by atoms with E-state index in [1.807, 2.05) is 78.9 Å². The summed E-state index contributed by atoms with van der Waals surface area (Å²) in [6.07, 6.45) is 11.4. The lowest BCUT2D eigenvalue weighted by atomic mass is 9.89. The molecule has 1 atom stereocenters. The number of hydrogen-bond donors (Lipinski definition) is 0. The molecule has 0 fully saturated rings. The molecule has 0 radical (unpaired) electrons. The highest BCUT2D eigenvalue weighted by Gasteiger charge is 2.26. The average molecular weight is 623 g/mol. The monoisotopic (exact) mass is 622 g/mol. The van der Waals surface area contributed by atoms with Crippen LogP contribution in [-0.4, -0.2) is 21.3 Å². The van der Waals surface area contributed by atoms with Gasteiger partial charge < -0.3 is 12.8 Å². The lowest BCUT2D eigenvalue weighted by Crippen LogP contribution is -2.29. The fraction of sp³-hybridized carbons (Fsp3) is 0.0526. The molecule has 0 N–H and O–H groups in total. The maximum atomic E-state index is 13.4. The van der Waals surface area contributed by atoms with Gasteiger partial charge in [-0.05, 0) is 52.9 Å². The van der Waals surface area contributed by atoms with Crippen molar-refractivity contribution in [2.24, 2.45) is 5.92 Å². The van der Waals surface area contributed by atoms with Crippen molar-refractivity contribution in [1.29, 1.82) is 0 Å². The first-order valence-corrected chi connectivity index (χ1v) is 16.9. The van der Waals surface area contributed by atoms with Gasteiger partial charge in [-0.2, -0.15) is 0 Å². The predicted molar refractivity (Wildman–Crippen MR) is 179 cm³/mol. The zero-order chi connectivity index (χ0) is 30.4. The molecule has 3 heterocycles. The molecule has 4 aliphatic rings. The molecular formula is C38H22O5S2-2. The van der Waals surface area contributed by atoms with Crippen LogP contribution in [0.2, 0.25) is 0 Å². The third-order valence-corrected chi connectivity index (χ3v) is 12.1. The van der Waals surface area contributed by atoms with Crippen LogP contribution in [0.25, 0.3) is 38.6 Å². The number of allylic oxidation sites excluding steroid dienone is 8. The summed E-state index contributed by atoms with van der Waals surface area (Å²) in [6.45, 7) is 0. The number of fused-ring (bicyclic) bond motifs is 7. The van der Waals surface area contributed by atoms with Crippen molar-refractivity contribution in [3.63, 3.8) is 0 Å². The van der Waals surface area contributed by atoms with Gasteiger partial charge in [0.1, 0.15) is 11.2 Å². The summed E-state index contributed by atoms with van der Waals surface area (Å²) in [5, 5.41) is 1.95. The minimum atomic E-state index is -1.41. The highest BCUT2D eigenvalue weighted by molar-refractivity contribution is 7.86. The maximum absolute atomic E-state index is 13.4. The summed E-state index contributed by atoms with van der Waals surface area (Å²) in [7, 11) is -2.81. The van der Waals surface area contributed by atoms with E-state index in [0.717, 1.165) is 38.6 Å². The molecule has 45 heavy (non-hydrogen) atoms. The van der Waals surface area contributed by atoms with Crippen molar-refractivity contribution in [3.05, 3.63) is 138 Å². The van der Waals surface area contributed by atoms with E-state index in [1.54, 1.807) is 36.4 Å². The minimum absolute atomic E-state index is 0.0281. The Hall–Kier alpha value is -4.98. The highest BCUT2D eigenvalue weighted by Crippen LogP contribution is 2.38. The molecule has 1 unspecified atom stereocenters. The molecule has 9 rings (SSSR count). The van der Waals surface area contributed by atoms with Crippen LogP contribution in [0.3, 0.4) is 0 Å². The Bertz CT molecular complexity index is 2540. The molecule has 218 valence electrons. The zero-order valence-corrected chi connectivity index (χ0v) is 25.2. The van der Waals surface area contributed by atoms with Crippen LogP contribution in [0.15, 0.2) is 135 Å². The average Bonchev–Trinajstić information content (AvgIpc) is 3.46. The Morgan fingerprint density at radius 2 is 1.42 bits per heavy atom. The van der Waals surface area contributed by atoms with E-state index >= 15 is 0 Å². The van der Waals surface area contributed by atoms with Crippen LogP contribution in [0.4, 0.5) is 0 Å². The van der Waals surface area contributed by atoms with Gasteiger partial charge in [-0.25, -0.2) is 20.8 Å². The lowest BCUT2D eigenvalue weighted by Gasteiger charge is -2.30. The molecule has 4 aromatic carbocycles. The van der Waals surface area contributed by atoms with Crippen molar-refractivity contribution in [2.75, 3.05) is 0 Å². The van der Waals surface area contributed by atoms with E-state index in [1.165, 1.54) is 0 Å². The van der Waals surface area contributed by atoms with Crippen LogP contribution in [0, 0.1) is 5.92 Å². The van der Waals surface area contributed by atoms with E-state index in [2.05, 4.69) is 0 Å². The number of furan rings is 1. The van der Waals surface area contributed by atoms with Crippen molar-refractivity contribution in [3.8, 4) is 11.1 Å². The standard InChI is InChI=1S/C38H22O5S2/c39-37-27-5-1-3-7-33(27)44(41)35-19-23(11-15-29(35)37)21-9-13-25-26-14-10-22(18-32(26)43-31(25)17-21)24-12-16-30-36(20-24)45(42)34-8-4-2-6-28(34)38(30)40/h1-19,27H,20H2/q-2. The smallest absolute Gasteiger partial charge is 0.189 e. The van der Waals surface area contributed by atoms with E-state index in [9.17, 15) is 18.0 Å². The Morgan fingerprint density at radius 3 is 2.27 bits per heavy atom. The first-order chi connectivity index (χ1) is 22.0. The topological polar surface area (TPSA) is 81.4 Å². The lowest BCUT2D eigenvalue weighted by molar-refractivity contribution is 0.0968. The number of carbonyl (C=O) groups excluding carboxylic acids is 2. The van der Waals surface area contributed by atoms with Crippen LogP contribution < -0.4 is 0 Å². The molecule has 0 bridgehead atoms. The second-order valence-corrected chi connectivity index (χ2v) is 14.4. The van der Waals surface area contributed by atoms with Crippen LogP contribution >= 0.6 is 0 Å². The summed E-state index contributed by atoms with van der Waals surface area (Å²) in [5.74, 6) is -0.572. The van der Waals surface area contributed by atoms with Gasteiger partial charge in [0.25, 0.3) is 0 Å². The van der Waals surface area contributed by atoms with Crippen LogP contribution in [0.5, 0.6) is 0 Å². The summed E-state index contributed by atoms with van der Waals surface area (Å²) in [6, 6.07) is 24.7. The summed E-state index contributed by atoms with van der Waals surface area (Å²) < 4.78 is 33.2. The Labute approximate surface area is 262 Å². The SMILES string of the molecule is O=C1C2=CC=C(c3ccc4c(c3)oc3cc(-c5ccc6c(c5)[S-](=O)=C5C=CC=CC5C6=O)ccc34)CC2=[S-](=O)c2ccccc21. The van der Waals surface area contributed by atoms with E-state index < -0.39 is 26.7 Å². The fourth-order valence-electron chi connectivity index (χ4n) is 6.69. The molecule has 7 heteroatoms. The number of carbonyl (C=O) groups is 2. The second kappa shape index (κ2) is 9.76. The van der Waals surface area contributed by atoms with Crippen LogP contribution in [0.1, 0.15) is 32.7 Å². The van der Waals surface area contributed by atoms with Gasteiger partial charge in [-0.1, -0.05) is 91.1 Å². The number of ketones is 2. The zero-order valence-electron chi connectivity index (χ0n) is 23.6. The van der Waals surface area contributed by atoms with Gasteiger partial charge >= 0.3 is 0 Å². The summed E-state index contributed by atoms with van der Waals surface area (Å²) in [5.41, 5.74) is 6.64. The first kappa shape index (κ1) is 26.4. The van der Waals surface area contributed by atoms with Gasteiger partial charge in [-0.3, -0.25) is 9.59 Å². The molecule has 0 amide bonds. The van der Waals surface area contributed by atoms with Gasteiger partial charge in [0.05, 0.1) is 0 Å². The highest BCUT2D eigenvalue weighted by atomic mass is 32.2. The van der Waals surface area contributed by atoms with Crippen LogP contribution in [-0.2, 0) is 29.2 Å². The number of hydrogen-bond acceptors (Lipinski definition) is 7. The van der Waals surface area contributed by atoms with Crippen molar-refractivity contribution in [1.82, 2.24) is 0 Å². The number of Topliss-reactive ketones (excluding diaryl/α,β-unsaturated/α-hetero) is 2. The molecular weight excluding hydrogens is 601 g/mol. The molecule has 5 nitrogen and oxygen atoms in total. The fourth-order valence-corrected chi connectivity index (χ4v) is 9.64. The van der Waals surface area contributed by atoms with E-state index in [4.69, 9.17) is 4.42 Å². The maximum Gasteiger partial charge on any atom is 0.189 e. The molecule has 1 aromatic heterocycles. The quantitative estimate of drug-likeness (QED) is 0.148. The normalized spacial score (nSPS) is 19.3. The molecule has 0 saturated heterocycles. The minimum Gasteiger partial charge on any atom is -0.457 e. The van der Waals surface area contributed by atoms with Crippen molar-refractivity contribution in [2.45, 2.75) is 16.2 Å². The molecule has 2 aliphatic heterocycles. The third kappa shape index (κ3) is 3.91. The third-order valence-electron chi connectivity index (χ3n) is 9.00. The Balaban J connectivity index is 1.09. The Kier molecular flexibility index (Phi) is 5.73. The Morgan fingerprint density at radius 1 is 0.689 bits per heavy atom. The van der Waals surface area contributed by atoms with E-state index in [-0.39, 0.29) is 11.6 Å².